The Kier molecular flexibility index (Phi) is 7.24. The molecule has 1 fully saturated rings. The number of fused-ring (bicyclic) bond motifs is 1. The van der Waals surface area contributed by atoms with Gasteiger partial charge in [-0.1, -0.05) is 25.0 Å². The summed E-state index contributed by atoms with van der Waals surface area (Å²) in [4.78, 5) is 38.7. The Hall–Kier alpha value is -2.39. The number of primary amides is 1. The number of carbonyl (C=O) groups is 3. The van der Waals surface area contributed by atoms with Gasteiger partial charge in [0.05, 0.1) is 17.8 Å². The van der Waals surface area contributed by atoms with E-state index in [-0.39, 0.29) is 25.3 Å². The predicted molar refractivity (Wildman–Crippen MR) is 125 cm³/mol. The Morgan fingerprint density at radius 1 is 1.21 bits per heavy atom. The van der Waals surface area contributed by atoms with Crippen molar-refractivity contribution in [1.82, 2.24) is 4.90 Å². The van der Waals surface area contributed by atoms with Crippen LogP contribution in [0.15, 0.2) is 12.1 Å². The van der Waals surface area contributed by atoms with Gasteiger partial charge in [-0.3, -0.25) is 14.4 Å². The fraction of sp³-hybridized carbons (Fsp3) is 0.625. The van der Waals surface area contributed by atoms with E-state index in [9.17, 15) is 14.4 Å². The molecule has 2 heterocycles. The minimum Gasteiger partial charge on any atom is -0.466 e. The highest BCUT2D eigenvalue weighted by Crippen LogP contribution is 2.37. The zero-order chi connectivity index (χ0) is 24.6. The third kappa shape index (κ3) is 5.09. The first-order valence-corrected chi connectivity index (χ1v) is 11.6. The van der Waals surface area contributed by atoms with Crippen LogP contribution < -0.4 is 11.2 Å². The number of amides is 2. The van der Waals surface area contributed by atoms with Gasteiger partial charge in [0, 0.05) is 18.5 Å². The zero-order valence-corrected chi connectivity index (χ0v) is 20.5. The van der Waals surface area contributed by atoms with E-state index >= 15 is 0 Å². The molecule has 2 amide bonds. The molecule has 1 saturated heterocycles. The minimum absolute atomic E-state index is 0.0235. The number of nitrogens with zero attached hydrogens (tertiary/aromatic N) is 1. The normalized spacial score (nSPS) is 19.5. The van der Waals surface area contributed by atoms with E-state index in [0.29, 0.717) is 12.2 Å². The molecule has 33 heavy (non-hydrogen) atoms. The minimum atomic E-state index is -0.885. The molecule has 2 aliphatic rings. The molecule has 0 bridgehead atoms. The van der Waals surface area contributed by atoms with E-state index < -0.39 is 36.2 Å². The van der Waals surface area contributed by atoms with Crippen LogP contribution in [0.5, 0.6) is 0 Å². The molecule has 0 spiro atoms. The van der Waals surface area contributed by atoms with Crippen molar-refractivity contribution in [2.45, 2.75) is 91.0 Å². The highest BCUT2D eigenvalue weighted by molar-refractivity contribution is 6.62. The van der Waals surface area contributed by atoms with Gasteiger partial charge in [0.2, 0.25) is 5.91 Å². The van der Waals surface area contributed by atoms with E-state index in [2.05, 4.69) is 0 Å². The summed E-state index contributed by atoms with van der Waals surface area (Å²) in [5.41, 5.74) is 7.71. The van der Waals surface area contributed by atoms with Crippen LogP contribution in [0.3, 0.4) is 0 Å². The molecule has 9 heteroatoms. The van der Waals surface area contributed by atoms with Crippen LogP contribution in [0.2, 0.25) is 0 Å². The van der Waals surface area contributed by atoms with E-state index in [1.165, 1.54) is 4.90 Å². The van der Waals surface area contributed by atoms with Crippen molar-refractivity contribution in [2.75, 3.05) is 6.61 Å². The van der Waals surface area contributed by atoms with Gasteiger partial charge >= 0.3 is 13.1 Å². The van der Waals surface area contributed by atoms with Crippen LogP contribution in [0.25, 0.3) is 0 Å². The molecular formula is C24H35BN2O6. The number of esters is 1. The molecule has 8 nitrogen and oxygen atoms in total. The van der Waals surface area contributed by atoms with E-state index in [4.69, 9.17) is 19.8 Å². The average Bonchev–Trinajstić information content (AvgIpc) is 3.13. The average molecular weight is 458 g/mol. The number of nitrogens with two attached hydrogens (primary N) is 1. The summed E-state index contributed by atoms with van der Waals surface area (Å²) in [5.74, 6) is -1.30. The lowest BCUT2D eigenvalue weighted by Crippen LogP contribution is -2.45. The lowest BCUT2D eigenvalue weighted by atomic mass is 9.75. The molecule has 0 radical (unpaired) electrons. The summed E-state index contributed by atoms with van der Waals surface area (Å²) in [5, 5.41) is 0. The van der Waals surface area contributed by atoms with Crippen LogP contribution >= 0.6 is 0 Å². The lowest BCUT2D eigenvalue weighted by molar-refractivity contribution is -0.144. The molecule has 1 atom stereocenters. The smallest absolute Gasteiger partial charge is 0.466 e. The molecule has 0 unspecified atom stereocenters. The van der Waals surface area contributed by atoms with Gasteiger partial charge in [0.1, 0.15) is 6.04 Å². The highest BCUT2D eigenvalue weighted by Gasteiger charge is 2.52. The van der Waals surface area contributed by atoms with Crippen LogP contribution in [0.1, 0.15) is 81.8 Å². The maximum Gasteiger partial charge on any atom is 0.495 e. The van der Waals surface area contributed by atoms with Gasteiger partial charge in [0.15, 0.2) is 0 Å². The Morgan fingerprint density at radius 3 is 2.42 bits per heavy atom. The fourth-order valence-electron chi connectivity index (χ4n) is 4.10. The summed E-state index contributed by atoms with van der Waals surface area (Å²) in [6.07, 6.45) is 1.86. The Labute approximate surface area is 196 Å². The third-order valence-electron chi connectivity index (χ3n) is 6.92. The van der Waals surface area contributed by atoms with E-state index in [0.717, 1.165) is 29.4 Å². The number of unbranched alkanes of at least 4 members (excludes halogenated alkanes) is 1. The maximum atomic E-state index is 13.1. The number of carbonyl (C=O) groups excluding carboxylic acids is 3. The van der Waals surface area contributed by atoms with Gasteiger partial charge < -0.3 is 24.7 Å². The first-order valence-electron chi connectivity index (χ1n) is 11.6. The number of hydrogen-bond acceptors (Lipinski definition) is 6. The van der Waals surface area contributed by atoms with Crippen LogP contribution in [-0.2, 0) is 30.2 Å². The number of hydrogen-bond donors (Lipinski definition) is 1. The fourth-order valence-corrected chi connectivity index (χ4v) is 4.10. The van der Waals surface area contributed by atoms with Gasteiger partial charge in [-0.05, 0) is 64.6 Å². The second-order valence-corrected chi connectivity index (χ2v) is 9.92. The Bertz CT molecular complexity index is 929. The highest BCUT2D eigenvalue weighted by atomic mass is 16.7. The molecule has 180 valence electrons. The zero-order valence-electron chi connectivity index (χ0n) is 20.5. The molecule has 0 aromatic heterocycles. The topological polar surface area (TPSA) is 108 Å². The van der Waals surface area contributed by atoms with Gasteiger partial charge in [-0.2, -0.15) is 0 Å². The van der Waals surface area contributed by atoms with Crippen molar-refractivity contribution in [1.29, 1.82) is 0 Å². The quantitative estimate of drug-likeness (QED) is 0.346. The first-order chi connectivity index (χ1) is 15.4. The second kappa shape index (κ2) is 9.47. The van der Waals surface area contributed by atoms with Crippen molar-refractivity contribution >= 4 is 30.4 Å². The van der Waals surface area contributed by atoms with Crippen LogP contribution in [-0.4, -0.2) is 53.7 Å². The molecule has 0 saturated carbocycles. The van der Waals surface area contributed by atoms with Gasteiger partial charge in [-0.15, -0.1) is 0 Å². The Morgan fingerprint density at radius 2 is 1.85 bits per heavy atom. The molecule has 1 aromatic rings. The SMILES string of the molecule is CCCCOC(=O)CC[C@@H](C(N)=O)N1Cc2cc(B3OC(C)(C)C(C)(C)O3)c(C)cc2C1=O. The van der Waals surface area contributed by atoms with Crippen molar-refractivity contribution in [3.05, 3.63) is 28.8 Å². The summed E-state index contributed by atoms with van der Waals surface area (Å²) in [6, 6.07) is 2.85. The van der Waals surface area contributed by atoms with Gasteiger partial charge in [0.25, 0.3) is 5.91 Å². The maximum absolute atomic E-state index is 13.1. The summed E-state index contributed by atoms with van der Waals surface area (Å²) < 4.78 is 17.5. The van der Waals surface area contributed by atoms with E-state index in [1.807, 2.05) is 53.7 Å². The predicted octanol–water partition coefficient (Wildman–Crippen LogP) is 2.23. The van der Waals surface area contributed by atoms with Crippen molar-refractivity contribution < 1.29 is 28.4 Å². The molecule has 2 aliphatic heterocycles. The number of rotatable bonds is 9. The summed E-state index contributed by atoms with van der Waals surface area (Å²) in [6.45, 7) is 12.5. The van der Waals surface area contributed by atoms with E-state index in [1.54, 1.807) is 0 Å². The lowest BCUT2D eigenvalue weighted by Gasteiger charge is -2.32. The number of ether oxygens (including phenoxy) is 1. The summed E-state index contributed by atoms with van der Waals surface area (Å²) in [7, 11) is -0.547. The third-order valence-corrected chi connectivity index (χ3v) is 6.92. The largest absolute Gasteiger partial charge is 0.495 e. The van der Waals surface area contributed by atoms with Gasteiger partial charge in [-0.25, -0.2) is 0 Å². The standard InChI is InChI=1S/C24H35BN2O6/c1-7-8-11-31-20(28)10-9-19(21(26)29)27-14-16-13-18(15(2)12-17(16)22(27)30)25-32-23(3,4)24(5,6)33-25/h12-13,19H,7-11,14H2,1-6H3,(H2,26,29)/t19-/m0/s1. The number of benzene rings is 1. The first kappa shape index (κ1) is 25.2. The van der Waals surface area contributed by atoms with Crippen molar-refractivity contribution in [3.8, 4) is 0 Å². The van der Waals surface area contributed by atoms with Crippen molar-refractivity contribution in [2.24, 2.45) is 5.73 Å². The monoisotopic (exact) mass is 458 g/mol. The molecule has 1 aromatic carbocycles. The van der Waals surface area contributed by atoms with Crippen LogP contribution in [0.4, 0.5) is 0 Å². The Balaban J connectivity index is 1.76. The second-order valence-electron chi connectivity index (χ2n) is 9.92. The molecule has 0 aliphatic carbocycles. The molecule has 3 rings (SSSR count). The summed E-state index contributed by atoms with van der Waals surface area (Å²) >= 11 is 0. The number of aryl methyl sites for hydroxylation is 1. The van der Waals surface area contributed by atoms with Crippen LogP contribution in [0, 0.1) is 6.92 Å². The molecular weight excluding hydrogens is 423 g/mol. The van der Waals surface area contributed by atoms with Crippen molar-refractivity contribution in [3.63, 3.8) is 0 Å². The molecule has 2 N–H and O–H groups in total.